The molecule has 0 fully saturated rings. The Labute approximate surface area is 118 Å². The number of hydrogen-bond donors (Lipinski definition) is 2. The lowest BCUT2D eigenvalue weighted by Crippen LogP contribution is -2.17. The molecule has 1 rings (SSSR count). The summed E-state index contributed by atoms with van der Waals surface area (Å²) in [5, 5.41) is 0.193. The molecule has 0 unspecified atom stereocenters. The fraction of sp³-hybridized carbons (Fsp3) is 0.400. The topological polar surface area (TPSA) is 92.3 Å². The first-order valence-corrected chi connectivity index (χ1v) is 9.33. The van der Waals surface area contributed by atoms with Crippen LogP contribution in [0.1, 0.15) is 13.3 Å². The van der Waals surface area contributed by atoms with E-state index < -0.39 is 20.0 Å². The zero-order valence-electron chi connectivity index (χ0n) is 10.5. The van der Waals surface area contributed by atoms with Gasteiger partial charge >= 0.3 is 0 Å². The molecular weight excluding hydrogens is 312 g/mol. The SMILES string of the molecule is CCCS(=O)(=O)Nc1cc(NS(C)(=O)=O)ccc1Cl. The van der Waals surface area contributed by atoms with Crippen LogP contribution in [0.4, 0.5) is 11.4 Å². The van der Waals surface area contributed by atoms with Gasteiger partial charge in [-0.1, -0.05) is 18.5 Å². The molecule has 9 heteroatoms. The van der Waals surface area contributed by atoms with Gasteiger partial charge in [-0.25, -0.2) is 16.8 Å². The molecule has 0 aromatic heterocycles. The van der Waals surface area contributed by atoms with Gasteiger partial charge in [0.2, 0.25) is 20.0 Å². The molecule has 19 heavy (non-hydrogen) atoms. The van der Waals surface area contributed by atoms with Crippen molar-refractivity contribution in [1.82, 2.24) is 0 Å². The Kier molecular flexibility index (Phi) is 5.05. The van der Waals surface area contributed by atoms with Crippen LogP contribution in [0.2, 0.25) is 5.02 Å². The molecule has 0 spiro atoms. The fourth-order valence-electron chi connectivity index (χ4n) is 1.37. The van der Waals surface area contributed by atoms with Gasteiger partial charge in [0.15, 0.2) is 0 Å². The van der Waals surface area contributed by atoms with E-state index in [2.05, 4.69) is 9.44 Å². The second-order valence-electron chi connectivity index (χ2n) is 3.99. The highest BCUT2D eigenvalue weighted by molar-refractivity contribution is 7.92. The Morgan fingerprint density at radius 1 is 1.16 bits per heavy atom. The second kappa shape index (κ2) is 5.98. The van der Waals surface area contributed by atoms with E-state index in [1.807, 2.05) is 0 Å². The maximum Gasteiger partial charge on any atom is 0.232 e. The molecule has 1 aromatic carbocycles. The van der Waals surface area contributed by atoms with Crippen LogP contribution >= 0.6 is 11.6 Å². The molecule has 0 radical (unpaired) electrons. The first-order chi connectivity index (χ1) is 8.63. The lowest BCUT2D eigenvalue weighted by atomic mass is 10.3. The van der Waals surface area contributed by atoms with Crippen LogP contribution < -0.4 is 9.44 Å². The summed E-state index contributed by atoms with van der Waals surface area (Å²) in [5.74, 6) is -0.0347. The van der Waals surface area contributed by atoms with E-state index in [0.717, 1.165) is 6.26 Å². The van der Waals surface area contributed by atoms with Crippen LogP contribution in [0.3, 0.4) is 0 Å². The summed E-state index contributed by atoms with van der Waals surface area (Å²) in [6.07, 6.45) is 1.47. The van der Waals surface area contributed by atoms with Gasteiger partial charge in [0.05, 0.1) is 28.4 Å². The van der Waals surface area contributed by atoms with Gasteiger partial charge in [0.1, 0.15) is 0 Å². The van der Waals surface area contributed by atoms with E-state index in [0.29, 0.717) is 6.42 Å². The molecule has 0 bridgehead atoms. The Hall–Kier alpha value is -0.990. The predicted molar refractivity (Wildman–Crippen MR) is 77.6 cm³/mol. The van der Waals surface area contributed by atoms with E-state index >= 15 is 0 Å². The van der Waals surface area contributed by atoms with Crippen molar-refractivity contribution in [3.63, 3.8) is 0 Å². The van der Waals surface area contributed by atoms with E-state index in [-0.39, 0.29) is 22.2 Å². The summed E-state index contributed by atoms with van der Waals surface area (Å²) in [7, 11) is -6.91. The number of benzene rings is 1. The number of sulfonamides is 2. The van der Waals surface area contributed by atoms with Crippen molar-refractivity contribution in [2.24, 2.45) is 0 Å². The highest BCUT2D eigenvalue weighted by atomic mass is 35.5. The smallest absolute Gasteiger partial charge is 0.232 e. The Morgan fingerprint density at radius 3 is 2.32 bits per heavy atom. The predicted octanol–water partition coefficient (Wildman–Crippen LogP) is 1.86. The van der Waals surface area contributed by atoms with Gasteiger partial charge in [-0.15, -0.1) is 0 Å². The highest BCUT2D eigenvalue weighted by Crippen LogP contribution is 2.27. The van der Waals surface area contributed by atoms with Gasteiger partial charge < -0.3 is 0 Å². The van der Waals surface area contributed by atoms with Crippen LogP contribution in [0.25, 0.3) is 0 Å². The van der Waals surface area contributed by atoms with E-state index in [1.54, 1.807) is 6.92 Å². The van der Waals surface area contributed by atoms with Crippen molar-refractivity contribution in [3.05, 3.63) is 23.2 Å². The van der Waals surface area contributed by atoms with Gasteiger partial charge in [-0.05, 0) is 24.6 Å². The molecule has 6 nitrogen and oxygen atoms in total. The third kappa shape index (κ3) is 5.66. The molecule has 108 valence electrons. The molecule has 0 atom stereocenters. The third-order valence-electron chi connectivity index (χ3n) is 2.01. The van der Waals surface area contributed by atoms with E-state index in [9.17, 15) is 16.8 Å². The molecule has 2 N–H and O–H groups in total. The minimum atomic E-state index is -3.48. The molecule has 0 aliphatic rings. The van der Waals surface area contributed by atoms with Crippen molar-refractivity contribution in [2.45, 2.75) is 13.3 Å². The van der Waals surface area contributed by atoms with Crippen LogP contribution in [0.15, 0.2) is 18.2 Å². The van der Waals surface area contributed by atoms with Crippen LogP contribution in [0.5, 0.6) is 0 Å². The molecule has 0 aliphatic heterocycles. The summed E-state index contributed by atoms with van der Waals surface area (Å²) in [6.45, 7) is 1.74. The summed E-state index contributed by atoms with van der Waals surface area (Å²) < 4.78 is 50.0. The van der Waals surface area contributed by atoms with Crippen molar-refractivity contribution in [1.29, 1.82) is 0 Å². The third-order valence-corrected chi connectivity index (χ3v) is 4.42. The van der Waals surface area contributed by atoms with Crippen molar-refractivity contribution in [2.75, 3.05) is 21.5 Å². The van der Waals surface area contributed by atoms with E-state index in [1.165, 1.54) is 18.2 Å². The molecule has 0 saturated carbocycles. The maximum atomic E-state index is 11.6. The Morgan fingerprint density at radius 2 is 1.79 bits per heavy atom. The van der Waals surface area contributed by atoms with Crippen LogP contribution in [-0.4, -0.2) is 28.8 Å². The fourth-order valence-corrected chi connectivity index (χ4v) is 3.29. The first kappa shape index (κ1) is 16.1. The molecule has 0 amide bonds. The molecule has 0 saturated heterocycles. The second-order valence-corrected chi connectivity index (χ2v) is 7.99. The van der Waals surface area contributed by atoms with Gasteiger partial charge in [0.25, 0.3) is 0 Å². The lowest BCUT2D eigenvalue weighted by molar-refractivity contribution is 0.599. The maximum absolute atomic E-state index is 11.6. The monoisotopic (exact) mass is 326 g/mol. The van der Waals surface area contributed by atoms with E-state index in [4.69, 9.17) is 11.6 Å². The average molecular weight is 327 g/mol. The Balaban J connectivity index is 3.05. The van der Waals surface area contributed by atoms with Gasteiger partial charge in [-0.3, -0.25) is 9.44 Å². The minimum absolute atomic E-state index is 0.0347. The molecular formula is C10H15ClN2O4S2. The van der Waals surface area contributed by atoms with Crippen molar-refractivity contribution >= 4 is 43.0 Å². The summed E-state index contributed by atoms with van der Waals surface area (Å²) in [4.78, 5) is 0. The average Bonchev–Trinajstić information content (AvgIpc) is 2.20. The summed E-state index contributed by atoms with van der Waals surface area (Å²) in [6, 6.07) is 4.19. The van der Waals surface area contributed by atoms with Crippen LogP contribution in [-0.2, 0) is 20.0 Å². The Bertz CT molecular complexity index is 656. The first-order valence-electron chi connectivity index (χ1n) is 5.41. The van der Waals surface area contributed by atoms with Gasteiger partial charge in [0, 0.05) is 0 Å². The van der Waals surface area contributed by atoms with Crippen LogP contribution in [0, 0.1) is 0 Å². The lowest BCUT2D eigenvalue weighted by Gasteiger charge is -2.11. The number of halogens is 1. The zero-order chi connectivity index (χ0) is 14.7. The summed E-state index contributed by atoms with van der Waals surface area (Å²) in [5.41, 5.74) is 0.380. The van der Waals surface area contributed by atoms with Gasteiger partial charge in [-0.2, -0.15) is 0 Å². The number of nitrogens with one attached hydrogen (secondary N) is 2. The van der Waals surface area contributed by atoms with Crippen molar-refractivity contribution < 1.29 is 16.8 Å². The largest absolute Gasteiger partial charge is 0.284 e. The zero-order valence-corrected chi connectivity index (χ0v) is 12.9. The number of hydrogen-bond acceptors (Lipinski definition) is 4. The molecule has 1 aromatic rings. The minimum Gasteiger partial charge on any atom is -0.284 e. The normalized spacial score (nSPS) is 12.2. The highest BCUT2D eigenvalue weighted by Gasteiger charge is 2.12. The molecule has 0 aliphatic carbocycles. The summed E-state index contributed by atoms with van der Waals surface area (Å²) >= 11 is 5.87. The molecule has 0 heterocycles. The van der Waals surface area contributed by atoms with Crippen molar-refractivity contribution in [3.8, 4) is 0 Å². The quantitative estimate of drug-likeness (QED) is 0.834. The standard InChI is InChI=1S/C10H15ClN2O4S2/c1-3-6-19(16,17)13-10-7-8(4-5-9(10)11)12-18(2,14)15/h4-5,7,12-13H,3,6H2,1-2H3. The number of rotatable bonds is 6. The number of anilines is 2.